The molecule has 4 rings (SSSR count). The number of carbonyl (C=O) groups is 12. The summed E-state index contributed by atoms with van der Waals surface area (Å²) in [6.07, 6.45) is 5.23. The van der Waals surface area contributed by atoms with Gasteiger partial charge in [0.2, 0.25) is 53.2 Å². The fourth-order valence-electron chi connectivity index (χ4n) is 10.3. The molecule has 0 spiro atoms. The highest BCUT2D eigenvalue weighted by Crippen LogP contribution is 2.30. The molecule has 0 radical (unpaired) electrons. The van der Waals surface area contributed by atoms with Crippen molar-refractivity contribution in [3.63, 3.8) is 0 Å². The Morgan fingerprint density at radius 1 is 0.562 bits per heavy atom. The molecule has 488 valence electrons. The maximum atomic E-state index is 15.2. The van der Waals surface area contributed by atoms with Gasteiger partial charge in [0, 0.05) is 30.7 Å². The highest BCUT2D eigenvalue weighted by Gasteiger charge is 2.40. The van der Waals surface area contributed by atoms with Crippen LogP contribution in [0.25, 0.3) is 0 Å². The molecule has 28 heteroatoms. The van der Waals surface area contributed by atoms with Gasteiger partial charge in [0.15, 0.2) is 0 Å². The highest BCUT2D eigenvalue weighted by atomic mass is 16.4. The standard InChI is InChI=1S/C61H88N12O16/c1-7-34(5)50(72-60(87)51(49(37-20-14-10-15-21-37)38-22-16-11-17-23-38)73-55(82)42(24-25-47(75)76)67-53(80)40(62)29-48(77)78)59(86)69-43(27-36-18-12-9-13-19-36)56(83)66-41(8-2)54(81)65-35(6)52(79)71-46(31-74)58(85)68-44(28-39-30-63-32-64-39)57(84)70-45(61(88)89)26-33(3)4/h10-11,14-17,20-23,30,32-36,40-46,49-51,74H,7-9,12-13,18-19,24-29,31,62H2,1-6H3,(H,63,64)(H,65,81)(H,66,83)(H,67,80)(H,68,85)(H,69,86)(H,70,84)(H,71,79)(H,72,87)(H,73,82)(H,75,76)(H,77,78)(H,88,89)/t34-,35-,40-,41-,42-,43-,44-,45-,46-,50-,51-/m0/s1. The third-order valence-corrected chi connectivity index (χ3v) is 15.5. The minimum absolute atomic E-state index is 0.0179. The number of nitrogens with one attached hydrogen (secondary N) is 10. The van der Waals surface area contributed by atoms with Crippen molar-refractivity contribution in [1.29, 1.82) is 0 Å². The zero-order valence-corrected chi connectivity index (χ0v) is 51.1. The molecule has 16 N–H and O–H groups in total. The van der Waals surface area contributed by atoms with Crippen molar-refractivity contribution < 1.29 is 78.0 Å². The van der Waals surface area contributed by atoms with Gasteiger partial charge < -0.3 is 79.0 Å². The van der Waals surface area contributed by atoms with Crippen LogP contribution in [-0.2, 0) is 64.0 Å². The van der Waals surface area contributed by atoms with E-state index in [1.807, 2.05) is 0 Å². The lowest BCUT2D eigenvalue weighted by atomic mass is 9.83. The first-order chi connectivity index (χ1) is 42.3. The Bertz CT molecular complexity index is 2820. The smallest absolute Gasteiger partial charge is 0.326 e. The Kier molecular flexibility index (Phi) is 29.8. The summed E-state index contributed by atoms with van der Waals surface area (Å²) in [5.74, 6) is -14.0. The number of aliphatic hydroxyl groups excluding tert-OH is 1. The molecule has 0 unspecified atom stereocenters. The average molecular weight is 1250 g/mol. The number of benzene rings is 2. The van der Waals surface area contributed by atoms with Gasteiger partial charge in [0.1, 0.15) is 54.4 Å². The van der Waals surface area contributed by atoms with Crippen LogP contribution in [0.5, 0.6) is 0 Å². The number of hydrogen-bond acceptors (Lipinski definition) is 15. The number of aliphatic carboxylic acids is 3. The monoisotopic (exact) mass is 1240 g/mol. The molecule has 1 aliphatic carbocycles. The van der Waals surface area contributed by atoms with Gasteiger partial charge in [0.05, 0.1) is 25.4 Å². The second-order valence-corrected chi connectivity index (χ2v) is 23.0. The quantitative estimate of drug-likeness (QED) is 0.0371. The summed E-state index contributed by atoms with van der Waals surface area (Å²) in [5, 5.41) is 62.1. The number of H-pyrrole nitrogens is 1. The number of amides is 9. The first-order valence-corrected chi connectivity index (χ1v) is 30.1. The average Bonchev–Trinajstić information content (AvgIpc) is 2.83. The Hall–Kier alpha value is -8.79. The summed E-state index contributed by atoms with van der Waals surface area (Å²) < 4.78 is 0. The van der Waals surface area contributed by atoms with Crippen LogP contribution >= 0.6 is 0 Å². The number of rotatable bonds is 37. The van der Waals surface area contributed by atoms with Crippen LogP contribution in [0.2, 0.25) is 0 Å². The van der Waals surface area contributed by atoms with Crippen molar-refractivity contribution in [3.05, 3.63) is 90.0 Å². The summed E-state index contributed by atoms with van der Waals surface area (Å²) in [6.45, 7) is 8.90. The van der Waals surface area contributed by atoms with E-state index in [1.165, 1.54) is 19.4 Å². The molecule has 3 aromatic rings. The lowest BCUT2D eigenvalue weighted by molar-refractivity contribution is -0.143. The van der Waals surface area contributed by atoms with E-state index in [2.05, 4.69) is 57.8 Å². The molecule has 11 atom stereocenters. The van der Waals surface area contributed by atoms with Gasteiger partial charge in [0.25, 0.3) is 0 Å². The van der Waals surface area contributed by atoms with E-state index in [1.54, 1.807) is 95.3 Å². The predicted octanol–water partition coefficient (Wildman–Crippen LogP) is 0.384. The third-order valence-electron chi connectivity index (χ3n) is 15.5. The van der Waals surface area contributed by atoms with Crippen molar-refractivity contribution in [2.24, 2.45) is 23.5 Å². The Labute approximate surface area is 516 Å². The molecule has 1 fully saturated rings. The first kappa shape index (κ1) is 72.7. The summed E-state index contributed by atoms with van der Waals surface area (Å²) >= 11 is 0. The molecule has 28 nitrogen and oxygen atoms in total. The third kappa shape index (κ3) is 23.7. The minimum Gasteiger partial charge on any atom is -0.481 e. The lowest BCUT2D eigenvalue weighted by Gasteiger charge is -2.33. The van der Waals surface area contributed by atoms with E-state index in [9.17, 15) is 73.2 Å². The van der Waals surface area contributed by atoms with E-state index in [0.29, 0.717) is 23.2 Å². The van der Waals surface area contributed by atoms with E-state index in [4.69, 9.17) is 5.73 Å². The number of aromatic amines is 1. The van der Waals surface area contributed by atoms with E-state index in [-0.39, 0.29) is 37.5 Å². The van der Waals surface area contributed by atoms with Gasteiger partial charge in [-0.2, -0.15) is 0 Å². The summed E-state index contributed by atoms with van der Waals surface area (Å²) in [4.78, 5) is 169. The van der Waals surface area contributed by atoms with Crippen LogP contribution in [0.3, 0.4) is 0 Å². The second-order valence-electron chi connectivity index (χ2n) is 23.0. The number of nitrogens with two attached hydrogens (primary N) is 1. The Morgan fingerprint density at radius 3 is 1.60 bits per heavy atom. The van der Waals surface area contributed by atoms with Crippen molar-refractivity contribution in [3.8, 4) is 0 Å². The summed E-state index contributed by atoms with van der Waals surface area (Å²) in [7, 11) is 0. The normalized spacial score (nSPS) is 16.2. The molecule has 1 aliphatic rings. The van der Waals surface area contributed by atoms with Crippen LogP contribution in [-0.4, -0.2) is 168 Å². The largest absolute Gasteiger partial charge is 0.481 e. The fourth-order valence-corrected chi connectivity index (χ4v) is 10.3. The zero-order valence-electron chi connectivity index (χ0n) is 51.1. The Morgan fingerprint density at radius 2 is 1.07 bits per heavy atom. The number of carbonyl (C=O) groups excluding carboxylic acids is 9. The van der Waals surface area contributed by atoms with Crippen molar-refractivity contribution in [1.82, 2.24) is 57.8 Å². The molecule has 0 saturated heterocycles. The van der Waals surface area contributed by atoms with E-state index < -0.39 is 169 Å². The second kappa shape index (κ2) is 36.5. The molecule has 1 saturated carbocycles. The molecule has 0 bridgehead atoms. The number of aromatic nitrogens is 2. The van der Waals surface area contributed by atoms with Crippen LogP contribution in [0.4, 0.5) is 0 Å². The maximum Gasteiger partial charge on any atom is 0.326 e. The number of carboxylic acids is 3. The zero-order chi connectivity index (χ0) is 65.9. The molecule has 1 heterocycles. The molecule has 89 heavy (non-hydrogen) atoms. The maximum absolute atomic E-state index is 15.2. The first-order valence-electron chi connectivity index (χ1n) is 30.1. The van der Waals surface area contributed by atoms with Gasteiger partial charge in [-0.3, -0.25) is 52.7 Å². The molecule has 0 aliphatic heterocycles. The Balaban J connectivity index is 1.59. The SMILES string of the molecule is CC[C@H](NC(=O)[C@H](CC1CCCCC1)NC(=O)[C@@H](NC(=O)[C@@H](NC(=O)[C@H](CCC(=O)O)NC(=O)[C@@H](N)CC(=O)O)C(c1ccccc1)c1ccccc1)[C@@H](C)CC)C(=O)N[C@@H](C)C(=O)N[C@@H](CO)C(=O)N[C@@H](Cc1cnc[nH]1)C(=O)N[C@@H](CC(C)C)C(=O)O. The summed E-state index contributed by atoms with van der Waals surface area (Å²) in [5.41, 5.74) is 7.25. The molecule has 1 aromatic heterocycles. The topological polar surface area (TPSA) is 449 Å². The van der Waals surface area contributed by atoms with Gasteiger partial charge in [-0.05, 0) is 61.5 Å². The highest BCUT2D eigenvalue weighted by molar-refractivity contribution is 5.99. The van der Waals surface area contributed by atoms with E-state index >= 15 is 4.79 Å². The predicted molar refractivity (Wildman–Crippen MR) is 322 cm³/mol. The van der Waals surface area contributed by atoms with E-state index in [0.717, 1.165) is 32.1 Å². The molecular weight excluding hydrogens is 1160 g/mol. The number of hydrogen-bond donors (Lipinski definition) is 15. The van der Waals surface area contributed by atoms with Crippen LogP contribution in [0.15, 0.2) is 73.2 Å². The minimum atomic E-state index is -1.67. The summed E-state index contributed by atoms with van der Waals surface area (Å²) in [6, 6.07) is 2.56. The number of imidazole rings is 1. The molecule has 9 amide bonds. The van der Waals surface area contributed by atoms with Gasteiger partial charge >= 0.3 is 17.9 Å². The molecule has 2 aromatic carbocycles. The van der Waals surface area contributed by atoms with Gasteiger partial charge in [-0.25, -0.2) is 9.78 Å². The van der Waals surface area contributed by atoms with Crippen molar-refractivity contribution in [2.75, 3.05) is 6.61 Å². The van der Waals surface area contributed by atoms with Crippen LogP contribution < -0.4 is 53.6 Å². The van der Waals surface area contributed by atoms with Gasteiger partial charge in [-0.15, -0.1) is 0 Å². The number of carboxylic acid groups (broad SMARTS) is 3. The lowest BCUT2D eigenvalue weighted by Crippen LogP contribution is -2.62. The number of aliphatic hydroxyl groups is 1. The fraction of sp³-hybridized carbons (Fsp3) is 0.557. The van der Waals surface area contributed by atoms with Crippen LogP contribution in [0, 0.1) is 17.8 Å². The van der Waals surface area contributed by atoms with Gasteiger partial charge in [-0.1, -0.05) is 134 Å². The van der Waals surface area contributed by atoms with Crippen LogP contribution in [0.1, 0.15) is 141 Å². The molecular formula is C61H88N12O16. The van der Waals surface area contributed by atoms with Crippen molar-refractivity contribution in [2.45, 2.75) is 191 Å². The number of nitrogens with zero attached hydrogens (tertiary/aromatic N) is 1. The van der Waals surface area contributed by atoms with Crippen molar-refractivity contribution >= 4 is 71.1 Å².